The summed E-state index contributed by atoms with van der Waals surface area (Å²) in [6.07, 6.45) is 2.90. The van der Waals surface area contributed by atoms with E-state index in [4.69, 9.17) is 0 Å². The molecule has 16 heavy (non-hydrogen) atoms. The average Bonchev–Trinajstić information content (AvgIpc) is 3.10. The van der Waals surface area contributed by atoms with Gasteiger partial charge in [0.2, 0.25) is 0 Å². The summed E-state index contributed by atoms with van der Waals surface area (Å²) < 4.78 is 0. The molecular formula is C13H26N2S. The van der Waals surface area contributed by atoms with Crippen molar-refractivity contribution < 1.29 is 0 Å². The molecule has 2 aliphatic rings. The molecule has 3 heteroatoms. The van der Waals surface area contributed by atoms with Gasteiger partial charge in [0.25, 0.3) is 0 Å². The second kappa shape index (κ2) is 5.74. The van der Waals surface area contributed by atoms with Crippen LogP contribution < -0.4 is 0 Å². The Balaban J connectivity index is 1.71. The van der Waals surface area contributed by atoms with Crippen molar-refractivity contribution in [3.8, 4) is 0 Å². The first-order chi connectivity index (χ1) is 7.70. The van der Waals surface area contributed by atoms with Gasteiger partial charge in [0.1, 0.15) is 0 Å². The van der Waals surface area contributed by atoms with E-state index in [2.05, 4.69) is 36.3 Å². The molecule has 2 fully saturated rings. The Morgan fingerprint density at radius 1 is 1.12 bits per heavy atom. The Morgan fingerprint density at radius 2 is 1.75 bits per heavy atom. The van der Waals surface area contributed by atoms with Crippen molar-refractivity contribution >= 4 is 12.6 Å². The van der Waals surface area contributed by atoms with E-state index in [1.54, 1.807) is 0 Å². The van der Waals surface area contributed by atoms with Crippen LogP contribution in [0.3, 0.4) is 0 Å². The summed E-state index contributed by atoms with van der Waals surface area (Å²) in [6, 6.07) is 0.952. The molecular weight excluding hydrogens is 216 g/mol. The van der Waals surface area contributed by atoms with Crippen molar-refractivity contribution in [3.63, 3.8) is 0 Å². The molecule has 94 valence electrons. The number of piperazine rings is 1. The van der Waals surface area contributed by atoms with Crippen molar-refractivity contribution in [2.75, 3.05) is 38.5 Å². The second-order valence-corrected chi connectivity index (χ2v) is 6.12. The molecule has 0 aromatic rings. The topological polar surface area (TPSA) is 6.48 Å². The number of hydrogen-bond acceptors (Lipinski definition) is 3. The summed E-state index contributed by atoms with van der Waals surface area (Å²) >= 11 is 4.48. The SMILES string of the molecule is CC(C)C(CS)CN1CCN(C2CC2)CC1. The minimum atomic E-state index is 0.760. The number of nitrogens with zero attached hydrogens (tertiary/aromatic N) is 2. The van der Waals surface area contributed by atoms with Crippen molar-refractivity contribution in [2.45, 2.75) is 32.7 Å². The van der Waals surface area contributed by atoms with Gasteiger partial charge >= 0.3 is 0 Å². The highest BCUT2D eigenvalue weighted by molar-refractivity contribution is 7.80. The van der Waals surface area contributed by atoms with E-state index in [0.717, 1.165) is 23.6 Å². The highest BCUT2D eigenvalue weighted by atomic mass is 32.1. The highest BCUT2D eigenvalue weighted by Crippen LogP contribution is 2.27. The molecule has 0 bridgehead atoms. The maximum atomic E-state index is 4.48. The quantitative estimate of drug-likeness (QED) is 0.737. The molecule has 0 aromatic carbocycles. The lowest BCUT2D eigenvalue weighted by Gasteiger charge is -2.37. The molecule has 2 rings (SSSR count). The van der Waals surface area contributed by atoms with Crippen molar-refractivity contribution in [3.05, 3.63) is 0 Å². The predicted molar refractivity (Wildman–Crippen MR) is 73.2 cm³/mol. The molecule has 1 aliphatic carbocycles. The van der Waals surface area contributed by atoms with Crippen molar-refractivity contribution in [2.24, 2.45) is 11.8 Å². The zero-order valence-corrected chi connectivity index (χ0v) is 11.6. The lowest BCUT2D eigenvalue weighted by atomic mass is 9.97. The fourth-order valence-electron chi connectivity index (χ4n) is 2.56. The Bertz CT molecular complexity index is 208. The Kier molecular flexibility index (Phi) is 4.57. The fraction of sp³-hybridized carbons (Fsp3) is 1.00. The van der Waals surface area contributed by atoms with Gasteiger partial charge < -0.3 is 4.90 Å². The number of thiol groups is 1. The van der Waals surface area contributed by atoms with Crippen molar-refractivity contribution in [1.82, 2.24) is 9.80 Å². The largest absolute Gasteiger partial charge is 0.300 e. The molecule has 0 radical (unpaired) electrons. The first kappa shape index (κ1) is 12.7. The monoisotopic (exact) mass is 242 g/mol. The van der Waals surface area contributed by atoms with Crippen LogP contribution in [-0.4, -0.2) is 54.3 Å². The lowest BCUT2D eigenvalue weighted by Crippen LogP contribution is -2.49. The summed E-state index contributed by atoms with van der Waals surface area (Å²) in [6.45, 7) is 11.0. The van der Waals surface area contributed by atoms with E-state index in [1.807, 2.05) is 0 Å². The van der Waals surface area contributed by atoms with Gasteiger partial charge in [0.05, 0.1) is 0 Å². The molecule has 1 saturated heterocycles. The van der Waals surface area contributed by atoms with Gasteiger partial charge in [-0.05, 0) is 30.4 Å². The first-order valence-electron chi connectivity index (χ1n) is 6.78. The fourth-order valence-corrected chi connectivity index (χ4v) is 3.10. The third-order valence-corrected chi connectivity index (χ3v) is 4.61. The van der Waals surface area contributed by atoms with Crippen LogP contribution in [0.15, 0.2) is 0 Å². The lowest BCUT2D eigenvalue weighted by molar-refractivity contribution is 0.108. The highest BCUT2D eigenvalue weighted by Gasteiger charge is 2.31. The van der Waals surface area contributed by atoms with E-state index in [-0.39, 0.29) is 0 Å². The molecule has 1 unspecified atom stereocenters. The van der Waals surface area contributed by atoms with Gasteiger partial charge in [-0.15, -0.1) is 0 Å². The van der Waals surface area contributed by atoms with E-state index in [1.165, 1.54) is 45.6 Å². The van der Waals surface area contributed by atoms with E-state index in [0.29, 0.717) is 0 Å². The maximum Gasteiger partial charge on any atom is 0.0113 e. The van der Waals surface area contributed by atoms with E-state index < -0.39 is 0 Å². The van der Waals surface area contributed by atoms with E-state index in [9.17, 15) is 0 Å². The van der Waals surface area contributed by atoms with Crippen LogP contribution in [0, 0.1) is 11.8 Å². The van der Waals surface area contributed by atoms with Crippen LogP contribution in [-0.2, 0) is 0 Å². The summed E-state index contributed by atoms with van der Waals surface area (Å²) in [5.41, 5.74) is 0. The third-order valence-electron chi connectivity index (χ3n) is 4.14. The van der Waals surface area contributed by atoms with Gasteiger partial charge in [-0.2, -0.15) is 12.6 Å². The third kappa shape index (κ3) is 3.38. The van der Waals surface area contributed by atoms with Gasteiger partial charge in [-0.3, -0.25) is 4.90 Å². The minimum Gasteiger partial charge on any atom is -0.300 e. The standard InChI is InChI=1S/C13H26N2S/c1-11(2)12(10-16)9-14-5-7-15(8-6-14)13-3-4-13/h11-13,16H,3-10H2,1-2H3. The van der Waals surface area contributed by atoms with Gasteiger partial charge in [-0.1, -0.05) is 13.8 Å². The Labute approximate surface area is 106 Å². The zero-order valence-electron chi connectivity index (χ0n) is 10.7. The maximum absolute atomic E-state index is 4.48. The molecule has 0 aromatic heterocycles. The smallest absolute Gasteiger partial charge is 0.0113 e. The molecule has 0 amide bonds. The predicted octanol–water partition coefficient (Wildman–Crippen LogP) is 1.97. The molecule has 1 heterocycles. The second-order valence-electron chi connectivity index (χ2n) is 5.75. The molecule has 1 saturated carbocycles. The number of hydrogen-bond donors (Lipinski definition) is 1. The first-order valence-corrected chi connectivity index (χ1v) is 7.41. The molecule has 0 spiro atoms. The number of rotatable bonds is 5. The zero-order chi connectivity index (χ0) is 11.5. The molecule has 2 nitrogen and oxygen atoms in total. The van der Waals surface area contributed by atoms with Crippen molar-refractivity contribution in [1.29, 1.82) is 0 Å². The minimum absolute atomic E-state index is 0.760. The molecule has 1 aliphatic heterocycles. The van der Waals surface area contributed by atoms with Gasteiger partial charge in [-0.25, -0.2) is 0 Å². The molecule has 0 N–H and O–H groups in total. The van der Waals surface area contributed by atoms with Gasteiger partial charge in [0.15, 0.2) is 0 Å². The van der Waals surface area contributed by atoms with Gasteiger partial charge in [0, 0.05) is 38.8 Å². The summed E-state index contributed by atoms with van der Waals surface area (Å²) in [5, 5.41) is 0. The summed E-state index contributed by atoms with van der Waals surface area (Å²) in [5.74, 6) is 2.55. The molecule has 1 atom stereocenters. The van der Waals surface area contributed by atoms with E-state index >= 15 is 0 Å². The van der Waals surface area contributed by atoms with Crippen LogP contribution in [0.25, 0.3) is 0 Å². The summed E-state index contributed by atoms with van der Waals surface area (Å²) in [7, 11) is 0. The van der Waals surface area contributed by atoms with Crippen LogP contribution in [0.4, 0.5) is 0 Å². The van der Waals surface area contributed by atoms with Crippen LogP contribution >= 0.6 is 12.6 Å². The van der Waals surface area contributed by atoms with Crippen LogP contribution in [0.5, 0.6) is 0 Å². The normalized spacial score (nSPS) is 26.2. The Morgan fingerprint density at radius 3 is 2.19 bits per heavy atom. The van der Waals surface area contributed by atoms with Crippen LogP contribution in [0.1, 0.15) is 26.7 Å². The van der Waals surface area contributed by atoms with Crippen LogP contribution in [0.2, 0.25) is 0 Å². The average molecular weight is 242 g/mol. The summed E-state index contributed by atoms with van der Waals surface area (Å²) in [4.78, 5) is 5.32. The Hall–Kier alpha value is 0.270.